The lowest BCUT2D eigenvalue weighted by Gasteiger charge is -2.26. The van der Waals surface area contributed by atoms with Crippen molar-refractivity contribution in [3.63, 3.8) is 0 Å². The minimum atomic E-state index is -0.751. The number of hydrogen-bond donors (Lipinski definition) is 3. The molecule has 1 aliphatic heterocycles. The Morgan fingerprint density at radius 2 is 1.88 bits per heavy atom. The number of halogens is 1. The monoisotopic (exact) mass is 382 g/mol. The summed E-state index contributed by atoms with van der Waals surface area (Å²) in [6, 6.07) is 3.32. The Balaban J connectivity index is 1.50. The second-order valence-electron chi connectivity index (χ2n) is 6.67. The summed E-state index contributed by atoms with van der Waals surface area (Å²) in [4.78, 5) is 23.1. The summed E-state index contributed by atoms with van der Waals surface area (Å²) in [6.45, 7) is 1.45. The molecule has 2 amide bonds. The van der Waals surface area contributed by atoms with Crippen LogP contribution in [-0.2, 0) is 11.3 Å². The zero-order valence-corrected chi connectivity index (χ0v) is 15.2. The average Bonchev–Trinajstić information content (AvgIpc) is 2.86. The van der Waals surface area contributed by atoms with E-state index < -0.39 is 5.97 Å². The first-order valence-corrected chi connectivity index (χ1v) is 9.26. The number of carbonyl (C=O) groups is 2. The van der Waals surface area contributed by atoms with Crippen molar-refractivity contribution in [3.05, 3.63) is 22.7 Å². The van der Waals surface area contributed by atoms with Gasteiger partial charge in [0, 0.05) is 19.0 Å². The maximum atomic E-state index is 12.1. The molecule has 3 N–H and O–H groups in total. The Morgan fingerprint density at radius 3 is 2.62 bits per heavy atom. The molecule has 0 radical (unpaired) electrons. The highest BCUT2D eigenvalue weighted by Gasteiger charge is 2.26. The SMILES string of the molecule is O=C(NCc1cc(Cl)c2c(c1)OCCCO2)NC1CCC(C(=O)O)CC1. The lowest BCUT2D eigenvalue weighted by atomic mass is 9.86. The summed E-state index contributed by atoms with van der Waals surface area (Å²) in [5, 5.41) is 15.2. The van der Waals surface area contributed by atoms with Crippen molar-refractivity contribution in [2.24, 2.45) is 5.92 Å². The summed E-state index contributed by atoms with van der Waals surface area (Å²) >= 11 is 6.25. The highest BCUT2D eigenvalue weighted by molar-refractivity contribution is 6.32. The van der Waals surface area contributed by atoms with Gasteiger partial charge in [0.2, 0.25) is 0 Å². The van der Waals surface area contributed by atoms with Crippen LogP contribution < -0.4 is 20.1 Å². The maximum absolute atomic E-state index is 12.1. The van der Waals surface area contributed by atoms with Crippen molar-refractivity contribution < 1.29 is 24.2 Å². The Bertz CT molecular complexity index is 674. The van der Waals surface area contributed by atoms with Gasteiger partial charge in [0.1, 0.15) is 0 Å². The molecule has 142 valence electrons. The molecule has 3 rings (SSSR count). The van der Waals surface area contributed by atoms with E-state index in [0.29, 0.717) is 62.0 Å². The number of urea groups is 1. The van der Waals surface area contributed by atoms with Gasteiger partial charge in [0.15, 0.2) is 11.5 Å². The van der Waals surface area contributed by atoms with Crippen LogP contribution in [0.5, 0.6) is 11.5 Å². The molecule has 1 heterocycles. The Labute approximate surface area is 157 Å². The number of carboxylic acids is 1. The number of benzene rings is 1. The van der Waals surface area contributed by atoms with Crippen molar-refractivity contribution in [1.82, 2.24) is 10.6 Å². The van der Waals surface area contributed by atoms with Crippen LogP contribution in [0.15, 0.2) is 12.1 Å². The molecule has 7 nitrogen and oxygen atoms in total. The first-order valence-electron chi connectivity index (χ1n) is 8.88. The van der Waals surface area contributed by atoms with E-state index in [1.54, 1.807) is 6.07 Å². The van der Waals surface area contributed by atoms with E-state index in [-0.39, 0.29) is 18.0 Å². The molecule has 26 heavy (non-hydrogen) atoms. The first-order chi connectivity index (χ1) is 12.5. The Hall–Kier alpha value is -2.15. The second-order valence-corrected chi connectivity index (χ2v) is 7.08. The van der Waals surface area contributed by atoms with Crippen molar-refractivity contribution in [2.75, 3.05) is 13.2 Å². The van der Waals surface area contributed by atoms with Crippen LogP contribution in [0.25, 0.3) is 0 Å². The number of nitrogens with one attached hydrogen (secondary N) is 2. The summed E-state index contributed by atoms with van der Waals surface area (Å²) in [5.74, 6) is 0.103. The zero-order valence-electron chi connectivity index (χ0n) is 14.4. The fourth-order valence-corrected chi connectivity index (χ4v) is 3.58. The fraction of sp³-hybridized carbons (Fsp3) is 0.556. The molecule has 8 heteroatoms. The molecule has 1 fully saturated rings. The summed E-state index contributed by atoms with van der Waals surface area (Å²) in [7, 11) is 0. The molecule has 0 atom stereocenters. The quantitative estimate of drug-likeness (QED) is 0.743. The van der Waals surface area contributed by atoms with Gasteiger partial charge in [0.05, 0.1) is 24.2 Å². The predicted octanol–water partition coefficient (Wildman–Crippen LogP) is 2.94. The lowest BCUT2D eigenvalue weighted by molar-refractivity contribution is -0.142. The second kappa shape index (κ2) is 8.49. The number of hydrogen-bond acceptors (Lipinski definition) is 4. The molecule has 0 spiro atoms. The van der Waals surface area contributed by atoms with Crippen LogP contribution in [0.1, 0.15) is 37.7 Å². The average molecular weight is 383 g/mol. The highest BCUT2D eigenvalue weighted by atomic mass is 35.5. The van der Waals surface area contributed by atoms with E-state index in [9.17, 15) is 9.59 Å². The fourth-order valence-electron chi connectivity index (χ4n) is 3.29. The van der Waals surface area contributed by atoms with Gasteiger partial charge < -0.3 is 25.2 Å². The number of amides is 2. The molecule has 1 saturated carbocycles. The summed E-state index contributed by atoms with van der Waals surface area (Å²) < 4.78 is 11.2. The molecule has 1 aliphatic carbocycles. The third kappa shape index (κ3) is 4.72. The van der Waals surface area contributed by atoms with Gasteiger partial charge in [-0.3, -0.25) is 4.79 Å². The largest absolute Gasteiger partial charge is 0.489 e. The number of carbonyl (C=O) groups excluding carboxylic acids is 1. The standard InChI is InChI=1S/C18H23ClN2O5/c19-14-8-11(9-15-16(14)26-7-1-6-25-15)10-20-18(24)21-13-4-2-12(3-5-13)17(22)23/h8-9,12-13H,1-7,10H2,(H,22,23)(H2,20,21,24). The molecule has 2 aliphatic rings. The van der Waals surface area contributed by atoms with Crippen molar-refractivity contribution in [2.45, 2.75) is 44.7 Å². The van der Waals surface area contributed by atoms with E-state index in [1.807, 2.05) is 6.07 Å². The normalized spacial score (nSPS) is 22.2. The van der Waals surface area contributed by atoms with Crippen LogP contribution >= 0.6 is 11.6 Å². The summed E-state index contributed by atoms with van der Waals surface area (Å²) in [5.41, 5.74) is 0.823. The number of aliphatic carboxylic acids is 1. The third-order valence-corrected chi connectivity index (χ3v) is 5.01. The van der Waals surface area contributed by atoms with E-state index >= 15 is 0 Å². The van der Waals surface area contributed by atoms with Crippen LogP contribution in [0, 0.1) is 5.92 Å². The molecular weight excluding hydrogens is 360 g/mol. The van der Waals surface area contributed by atoms with Crippen molar-refractivity contribution in [3.8, 4) is 11.5 Å². The molecule has 1 aromatic rings. The van der Waals surface area contributed by atoms with Gasteiger partial charge in [-0.05, 0) is 43.4 Å². The third-order valence-electron chi connectivity index (χ3n) is 4.73. The van der Waals surface area contributed by atoms with Crippen LogP contribution in [0.4, 0.5) is 4.79 Å². The van der Waals surface area contributed by atoms with Crippen LogP contribution in [0.2, 0.25) is 5.02 Å². The lowest BCUT2D eigenvalue weighted by Crippen LogP contribution is -2.43. The van der Waals surface area contributed by atoms with Gasteiger partial charge in [-0.2, -0.15) is 0 Å². The number of ether oxygens (including phenoxy) is 2. The molecular formula is C18H23ClN2O5. The van der Waals surface area contributed by atoms with E-state index in [0.717, 1.165) is 12.0 Å². The molecule has 0 bridgehead atoms. The Kier molecular flexibility index (Phi) is 6.08. The van der Waals surface area contributed by atoms with Crippen LogP contribution in [0.3, 0.4) is 0 Å². The van der Waals surface area contributed by atoms with E-state index in [4.69, 9.17) is 26.2 Å². The number of carboxylic acid groups (broad SMARTS) is 1. The first kappa shape index (κ1) is 18.6. The van der Waals surface area contributed by atoms with E-state index in [2.05, 4.69) is 10.6 Å². The number of rotatable bonds is 4. The van der Waals surface area contributed by atoms with Crippen LogP contribution in [-0.4, -0.2) is 36.4 Å². The van der Waals surface area contributed by atoms with Gasteiger partial charge in [-0.1, -0.05) is 11.6 Å². The molecule has 0 saturated heterocycles. The van der Waals surface area contributed by atoms with Gasteiger partial charge in [0.25, 0.3) is 0 Å². The molecule has 1 aromatic carbocycles. The minimum Gasteiger partial charge on any atom is -0.489 e. The number of fused-ring (bicyclic) bond motifs is 1. The molecule has 0 unspecified atom stereocenters. The topological polar surface area (TPSA) is 96.9 Å². The van der Waals surface area contributed by atoms with Gasteiger partial charge >= 0.3 is 12.0 Å². The van der Waals surface area contributed by atoms with Gasteiger partial charge in [-0.15, -0.1) is 0 Å². The molecule has 0 aromatic heterocycles. The smallest absolute Gasteiger partial charge is 0.315 e. The predicted molar refractivity (Wildman–Crippen MR) is 95.8 cm³/mol. The summed E-state index contributed by atoms with van der Waals surface area (Å²) in [6.07, 6.45) is 3.35. The zero-order chi connectivity index (χ0) is 18.5. The van der Waals surface area contributed by atoms with Gasteiger partial charge in [-0.25, -0.2) is 4.79 Å². The highest BCUT2D eigenvalue weighted by Crippen LogP contribution is 2.37. The van der Waals surface area contributed by atoms with E-state index in [1.165, 1.54) is 0 Å². The van der Waals surface area contributed by atoms with Crippen molar-refractivity contribution in [1.29, 1.82) is 0 Å². The minimum absolute atomic E-state index is 0.0120. The Morgan fingerprint density at radius 1 is 1.15 bits per heavy atom. The van der Waals surface area contributed by atoms with Crippen molar-refractivity contribution >= 4 is 23.6 Å². The maximum Gasteiger partial charge on any atom is 0.315 e.